The van der Waals surface area contributed by atoms with Gasteiger partial charge in [-0.3, -0.25) is 14.9 Å². The van der Waals surface area contributed by atoms with Gasteiger partial charge >= 0.3 is 6.03 Å². The van der Waals surface area contributed by atoms with Crippen LogP contribution < -0.4 is 15.5 Å². The van der Waals surface area contributed by atoms with E-state index in [2.05, 4.69) is 33.5 Å². The van der Waals surface area contributed by atoms with E-state index in [1.54, 1.807) is 31.4 Å². The average molecular weight is 480 g/mol. The van der Waals surface area contributed by atoms with Gasteiger partial charge in [0.05, 0.1) is 12.6 Å². The van der Waals surface area contributed by atoms with Gasteiger partial charge in [-0.05, 0) is 48.6 Å². The van der Waals surface area contributed by atoms with Crippen LogP contribution in [0.1, 0.15) is 40.9 Å². The fraction of sp³-hybridized carbons (Fsp3) is 0.462. The number of nitrogens with zero attached hydrogens (tertiary/aromatic N) is 3. The molecule has 2 aliphatic rings. The number of piperazine rings is 1. The Bertz CT molecular complexity index is 1130. The number of rotatable bonds is 6. The summed E-state index contributed by atoms with van der Waals surface area (Å²) in [5.74, 6) is 0.288. The lowest BCUT2D eigenvalue weighted by molar-refractivity contribution is -0.125. The fourth-order valence-electron chi connectivity index (χ4n) is 5.14. The topological polar surface area (TPSA) is 104 Å². The second-order valence-electron chi connectivity index (χ2n) is 9.66. The first-order valence-corrected chi connectivity index (χ1v) is 11.9. The number of nitrogens with one attached hydrogen (secondary N) is 2. The van der Waals surface area contributed by atoms with Crippen LogP contribution >= 0.6 is 0 Å². The molecule has 9 heteroatoms. The van der Waals surface area contributed by atoms with Crippen molar-refractivity contribution < 1.29 is 19.1 Å². The van der Waals surface area contributed by atoms with Crippen LogP contribution in [0.5, 0.6) is 0 Å². The first-order valence-electron chi connectivity index (χ1n) is 11.9. The zero-order chi connectivity index (χ0) is 25.3. The normalized spacial score (nSPS) is 22.4. The lowest BCUT2D eigenvalue weighted by atomic mass is 9.79. The van der Waals surface area contributed by atoms with Gasteiger partial charge in [0.2, 0.25) is 0 Å². The number of imide groups is 1. The molecule has 1 aromatic heterocycles. The SMILES string of the molecule is COC[C@@H]1CN(c2ncc(C)cc2C)CCN1C(=O)c1ccc([C@@]2(C(C)C)NC(=O)NC2=O)cc1. The molecule has 0 spiro atoms. The van der Waals surface area contributed by atoms with E-state index in [4.69, 9.17) is 4.74 Å². The zero-order valence-electron chi connectivity index (χ0n) is 20.9. The molecule has 2 aromatic rings. The molecule has 1 aromatic carbocycles. The van der Waals surface area contributed by atoms with Crippen LogP contribution in [0.4, 0.5) is 10.6 Å². The zero-order valence-corrected chi connectivity index (χ0v) is 20.9. The van der Waals surface area contributed by atoms with Crippen LogP contribution in [-0.2, 0) is 15.1 Å². The Kier molecular flexibility index (Phi) is 6.80. The quantitative estimate of drug-likeness (QED) is 0.617. The number of carbonyl (C=O) groups is 3. The number of carbonyl (C=O) groups excluding carboxylic acids is 3. The van der Waals surface area contributed by atoms with Crippen LogP contribution in [0.15, 0.2) is 36.5 Å². The Balaban J connectivity index is 1.54. The number of methoxy groups -OCH3 is 1. The van der Waals surface area contributed by atoms with Gasteiger partial charge in [0.15, 0.2) is 0 Å². The molecule has 4 amide bonds. The molecule has 4 rings (SSSR count). The molecule has 0 unspecified atom stereocenters. The summed E-state index contributed by atoms with van der Waals surface area (Å²) in [5.41, 5.74) is 2.24. The molecule has 2 aliphatic heterocycles. The highest BCUT2D eigenvalue weighted by Gasteiger charge is 2.50. The van der Waals surface area contributed by atoms with Crippen molar-refractivity contribution in [2.24, 2.45) is 5.92 Å². The number of aryl methyl sites for hydroxylation is 2. The molecule has 3 heterocycles. The Morgan fingerprint density at radius 1 is 1.20 bits per heavy atom. The third-order valence-electron chi connectivity index (χ3n) is 6.94. The van der Waals surface area contributed by atoms with Crippen molar-refractivity contribution in [3.8, 4) is 0 Å². The minimum Gasteiger partial charge on any atom is -0.382 e. The van der Waals surface area contributed by atoms with Gasteiger partial charge in [0.25, 0.3) is 11.8 Å². The third-order valence-corrected chi connectivity index (χ3v) is 6.94. The predicted octanol–water partition coefficient (Wildman–Crippen LogP) is 2.37. The highest BCUT2D eigenvalue weighted by atomic mass is 16.5. The molecule has 186 valence electrons. The van der Waals surface area contributed by atoms with E-state index in [0.717, 1.165) is 16.9 Å². The number of ether oxygens (including phenoxy) is 1. The summed E-state index contributed by atoms with van der Waals surface area (Å²) >= 11 is 0. The number of urea groups is 1. The molecule has 2 saturated heterocycles. The Morgan fingerprint density at radius 3 is 2.49 bits per heavy atom. The van der Waals surface area contributed by atoms with E-state index in [1.807, 2.05) is 31.9 Å². The van der Waals surface area contributed by atoms with E-state index >= 15 is 0 Å². The van der Waals surface area contributed by atoms with E-state index in [0.29, 0.717) is 37.4 Å². The van der Waals surface area contributed by atoms with E-state index in [-0.39, 0.29) is 23.8 Å². The fourth-order valence-corrected chi connectivity index (χ4v) is 5.14. The number of amides is 4. The number of hydrogen-bond acceptors (Lipinski definition) is 6. The van der Waals surface area contributed by atoms with Crippen LogP contribution in [0.3, 0.4) is 0 Å². The first-order chi connectivity index (χ1) is 16.7. The number of aromatic nitrogens is 1. The second kappa shape index (κ2) is 9.65. The summed E-state index contributed by atoms with van der Waals surface area (Å²) in [6.45, 7) is 10.1. The second-order valence-corrected chi connectivity index (χ2v) is 9.66. The van der Waals surface area contributed by atoms with Gasteiger partial charge in [0, 0.05) is 38.5 Å². The molecule has 0 aliphatic carbocycles. The number of benzene rings is 1. The minimum absolute atomic E-state index is 0.0923. The molecular formula is C26H33N5O4. The largest absolute Gasteiger partial charge is 0.382 e. The van der Waals surface area contributed by atoms with Gasteiger partial charge in [-0.1, -0.05) is 32.0 Å². The van der Waals surface area contributed by atoms with Gasteiger partial charge in [-0.2, -0.15) is 0 Å². The summed E-state index contributed by atoms with van der Waals surface area (Å²) in [4.78, 5) is 46.7. The molecule has 2 atom stereocenters. The standard InChI is InChI=1S/C26H33N5O4/c1-16(2)26(24(33)28-25(34)29-26)20-8-6-19(7-9-20)23(32)31-11-10-30(14-21(31)15-35-5)22-18(4)12-17(3)13-27-22/h6-9,12-13,16,21H,10-11,14-15H2,1-5H3,(H2,28,29,33,34)/t21-,26+/m0/s1. The van der Waals surface area contributed by atoms with E-state index in [1.165, 1.54) is 0 Å². The monoisotopic (exact) mass is 479 g/mol. The Labute approximate surface area is 205 Å². The number of hydrogen-bond donors (Lipinski definition) is 2. The lowest BCUT2D eigenvalue weighted by Gasteiger charge is -2.42. The highest BCUT2D eigenvalue weighted by molar-refractivity contribution is 6.07. The molecule has 9 nitrogen and oxygen atoms in total. The molecule has 35 heavy (non-hydrogen) atoms. The van der Waals surface area contributed by atoms with Crippen LogP contribution in [0.25, 0.3) is 0 Å². The summed E-state index contributed by atoms with van der Waals surface area (Å²) in [7, 11) is 1.64. The molecule has 0 saturated carbocycles. The van der Waals surface area contributed by atoms with E-state index in [9.17, 15) is 14.4 Å². The van der Waals surface area contributed by atoms with Crippen molar-refractivity contribution in [1.82, 2.24) is 20.5 Å². The minimum atomic E-state index is -1.15. The Hall–Kier alpha value is -3.46. The first kappa shape index (κ1) is 24.7. The van der Waals surface area contributed by atoms with Gasteiger partial charge in [-0.25, -0.2) is 9.78 Å². The van der Waals surface area contributed by atoms with Crippen molar-refractivity contribution in [2.75, 3.05) is 38.3 Å². The van der Waals surface area contributed by atoms with E-state index < -0.39 is 11.6 Å². The number of anilines is 1. The van der Waals surface area contributed by atoms with Crippen molar-refractivity contribution in [3.05, 3.63) is 58.8 Å². The molecule has 0 radical (unpaired) electrons. The number of pyridine rings is 1. The summed E-state index contributed by atoms with van der Waals surface area (Å²) < 4.78 is 5.45. The van der Waals surface area contributed by atoms with Crippen molar-refractivity contribution in [3.63, 3.8) is 0 Å². The predicted molar refractivity (Wildman–Crippen MR) is 132 cm³/mol. The van der Waals surface area contributed by atoms with Gasteiger partial charge in [0.1, 0.15) is 11.4 Å². The summed E-state index contributed by atoms with van der Waals surface area (Å²) in [6.07, 6.45) is 1.86. The van der Waals surface area contributed by atoms with Crippen molar-refractivity contribution in [2.45, 2.75) is 39.3 Å². The van der Waals surface area contributed by atoms with Gasteiger partial charge < -0.3 is 19.9 Å². The average Bonchev–Trinajstić information content (AvgIpc) is 3.13. The smallest absolute Gasteiger partial charge is 0.322 e. The molecular weight excluding hydrogens is 446 g/mol. The maximum Gasteiger partial charge on any atom is 0.322 e. The van der Waals surface area contributed by atoms with Crippen molar-refractivity contribution >= 4 is 23.7 Å². The molecule has 2 N–H and O–H groups in total. The van der Waals surface area contributed by atoms with Crippen LogP contribution in [0, 0.1) is 19.8 Å². The summed E-state index contributed by atoms with van der Waals surface area (Å²) in [5, 5.41) is 5.11. The molecule has 2 fully saturated rings. The van der Waals surface area contributed by atoms with Crippen LogP contribution in [-0.4, -0.2) is 67.1 Å². The maximum atomic E-state index is 13.5. The van der Waals surface area contributed by atoms with Gasteiger partial charge in [-0.15, -0.1) is 0 Å². The molecule has 0 bridgehead atoms. The van der Waals surface area contributed by atoms with Crippen molar-refractivity contribution in [1.29, 1.82) is 0 Å². The van der Waals surface area contributed by atoms with Crippen LogP contribution in [0.2, 0.25) is 0 Å². The highest BCUT2D eigenvalue weighted by Crippen LogP contribution is 2.33. The lowest BCUT2D eigenvalue weighted by Crippen LogP contribution is -2.57. The summed E-state index contributed by atoms with van der Waals surface area (Å²) in [6, 6.07) is 8.42. The maximum absolute atomic E-state index is 13.5. The third kappa shape index (κ3) is 4.48. The Morgan fingerprint density at radius 2 is 1.91 bits per heavy atom.